The molecule has 0 bridgehead atoms. The maximum atomic E-state index is 11.7. The molecule has 0 saturated heterocycles. The third kappa shape index (κ3) is 3.22. The Morgan fingerprint density at radius 3 is 2.58 bits per heavy atom. The van der Waals surface area contributed by atoms with Gasteiger partial charge < -0.3 is 24.4 Å². The Labute approximate surface area is 139 Å². The molecule has 1 unspecified atom stereocenters. The third-order valence-corrected chi connectivity index (χ3v) is 3.95. The molecule has 126 valence electrons. The van der Waals surface area contributed by atoms with Gasteiger partial charge in [-0.3, -0.25) is 4.79 Å². The smallest absolute Gasteiger partial charge is 0.311 e. The first kappa shape index (κ1) is 16.0. The average molecular weight is 330 g/mol. The van der Waals surface area contributed by atoms with E-state index >= 15 is 0 Å². The monoisotopic (exact) mass is 330 g/mol. The van der Waals surface area contributed by atoms with E-state index in [0.717, 1.165) is 0 Å². The van der Waals surface area contributed by atoms with Crippen LogP contribution in [0.1, 0.15) is 17.0 Å². The van der Waals surface area contributed by atoms with Gasteiger partial charge in [0, 0.05) is 0 Å². The topological polar surface area (TPSA) is 85.2 Å². The molecule has 24 heavy (non-hydrogen) atoms. The summed E-state index contributed by atoms with van der Waals surface area (Å²) in [6, 6.07) is 10.0. The molecular weight excluding hydrogens is 312 g/mol. The highest BCUT2D eigenvalue weighted by Gasteiger charge is 2.23. The maximum absolute atomic E-state index is 11.7. The van der Waals surface area contributed by atoms with Gasteiger partial charge in [0.2, 0.25) is 0 Å². The number of methoxy groups -OCH3 is 1. The largest absolute Gasteiger partial charge is 0.504 e. The molecule has 0 aromatic heterocycles. The Morgan fingerprint density at radius 2 is 1.92 bits per heavy atom. The van der Waals surface area contributed by atoms with Gasteiger partial charge in [-0.05, 0) is 41.8 Å². The lowest BCUT2D eigenvalue weighted by Crippen LogP contribution is -2.18. The predicted molar refractivity (Wildman–Crippen MR) is 86.2 cm³/mol. The number of ether oxygens (including phenoxy) is 3. The fraction of sp³-hybridized carbons (Fsp3) is 0.278. The van der Waals surface area contributed by atoms with Gasteiger partial charge in [-0.25, -0.2) is 0 Å². The molecule has 0 saturated carbocycles. The second kappa shape index (κ2) is 6.70. The van der Waals surface area contributed by atoms with Gasteiger partial charge in [-0.15, -0.1) is 0 Å². The van der Waals surface area contributed by atoms with E-state index < -0.39 is 11.9 Å². The molecule has 6 nitrogen and oxygen atoms in total. The van der Waals surface area contributed by atoms with E-state index in [-0.39, 0.29) is 12.2 Å². The van der Waals surface area contributed by atoms with E-state index in [2.05, 4.69) is 0 Å². The van der Waals surface area contributed by atoms with Crippen LogP contribution in [0.25, 0.3) is 0 Å². The Hall–Kier alpha value is -2.89. The van der Waals surface area contributed by atoms with Gasteiger partial charge >= 0.3 is 5.97 Å². The third-order valence-electron chi connectivity index (χ3n) is 3.95. The van der Waals surface area contributed by atoms with Crippen LogP contribution in [-0.4, -0.2) is 36.5 Å². The summed E-state index contributed by atoms with van der Waals surface area (Å²) in [6.07, 6.45) is 0.243. The number of carbonyl (C=O) groups is 1. The molecular formula is C18H18O6. The van der Waals surface area contributed by atoms with Crippen molar-refractivity contribution < 1.29 is 29.2 Å². The zero-order valence-electron chi connectivity index (χ0n) is 13.2. The molecule has 1 aliphatic rings. The molecule has 0 amide bonds. The lowest BCUT2D eigenvalue weighted by molar-refractivity contribution is -0.138. The van der Waals surface area contributed by atoms with Gasteiger partial charge in [-0.1, -0.05) is 12.1 Å². The molecule has 2 aromatic rings. The van der Waals surface area contributed by atoms with Crippen LogP contribution in [0.5, 0.6) is 23.0 Å². The van der Waals surface area contributed by atoms with Crippen LogP contribution in [-0.2, 0) is 11.2 Å². The highest BCUT2D eigenvalue weighted by atomic mass is 16.6. The van der Waals surface area contributed by atoms with Crippen molar-refractivity contribution in [1.82, 2.24) is 0 Å². The number of phenols is 1. The Kier molecular flexibility index (Phi) is 4.46. The van der Waals surface area contributed by atoms with Gasteiger partial charge in [0.25, 0.3) is 0 Å². The first-order chi connectivity index (χ1) is 11.6. The fourth-order valence-corrected chi connectivity index (χ4v) is 2.72. The van der Waals surface area contributed by atoms with E-state index in [0.29, 0.717) is 41.6 Å². The molecule has 0 fully saturated rings. The van der Waals surface area contributed by atoms with Gasteiger partial charge in [0.15, 0.2) is 23.0 Å². The molecule has 1 heterocycles. The molecule has 0 aliphatic carbocycles. The number of aromatic hydroxyl groups is 1. The second-order valence-corrected chi connectivity index (χ2v) is 5.50. The van der Waals surface area contributed by atoms with E-state index in [4.69, 9.17) is 14.2 Å². The lowest BCUT2D eigenvalue weighted by atomic mass is 9.91. The summed E-state index contributed by atoms with van der Waals surface area (Å²) in [6.45, 7) is 0.931. The first-order valence-electron chi connectivity index (χ1n) is 7.56. The standard InChI is InChI=1S/C18H18O6/c1-22-15-4-2-11(9-14(15)19)8-13(18(20)21)12-3-5-16-17(10-12)24-7-6-23-16/h2-5,9-10,13,19H,6-8H2,1H3,(H,20,21). The van der Waals surface area contributed by atoms with Crippen molar-refractivity contribution in [2.24, 2.45) is 0 Å². The molecule has 0 spiro atoms. The van der Waals surface area contributed by atoms with E-state index in [1.807, 2.05) is 0 Å². The molecule has 2 aromatic carbocycles. The average Bonchev–Trinajstić information content (AvgIpc) is 2.59. The fourth-order valence-electron chi connectivity index (χ4n) is 2.72. The highest BCUT2D eigenvalue weighted by molar-refractivity contribution is 5.77. The second-order valence-electron chi connectivity index (χ2n) is 5.50. The van der Waals surface area contributed by atoms with E-state index in [9.17, 15) is 15.0 Å². The van der Waals surface area contributed by atoms with Crippen molar-refractivity contribution in [2.75, 3.05) is 20.3 Å². The minimum atomic E-state index is -0.943. The zero-order chi connectivity index (χ0) is 17.1. The minimum Gasteiger partial charge on any atom is -0.504 e. The van der Waals surface area contributed by atoms with Crippen LogP contribution in [0, 0.1) is 0 Å². The van der Waals surface area contributed by atoms with Crippen molar-refractivity contribution in [2.45, 2.75) is 12.3 Å². The van der Waals surface area contributed by atoms with Crippen molar-refractivity contribution >= 4 is 5.97 Å². The number of rotatable bonds is 5. The number of benzene rings is 2. The van der Waals surface area contributed by atoms with Crippen molar-refractivity contribution in [3.8, 4) is 23.0 Å². The number of carboxylic acid groups (broad SMARTS) is 1. The molecule has 2 N–H and O–H groups in total. The summed E-state index contributed by atoms with van der Waals surface area (Å²) in [4.78, 5) is 11.7. The van der Waals surface area contributed by atoms with Crippen LogP contribution in [0.4, 0.5) is 0 Å². The van der Waals surface area contributed by atoms with Gasteiger partial charge in [-0.2, -0.15) is 0 Å². The normalized spacial score (nSPS) is 14.0. The predicted octanol–water partition coefficient (Wildman–Crippen LogP) is 2.58. The highest BCUT2D eigenvalue weighted by Crippen LogP contribution is 2.35. The van der Waals surface area contributed by atoms with Crippen LogP contribution >= 0.6 is 0 Å². The molecule has 1 aliphatic heterocycles. The van der Waals surface area contributed by atoms with Crippen LogP contribution < -0.4 is 14.2 Å². The SMILES string of the molecule is COc1ccc(CC(C(=O)O)c2ccc3c(c2)OCCO3)cc1O. The zero-order valence-corrected chi connectivity index (χ0v) is 13.2. The number of fused-ring (bicyclic) bond motifs is 1. The Morgan fingerprint density at radius 1 is 1.17 bits per heavy atom. The van der Waals surface area contributed by atoms with Crippen LogP contribution in [0.3, 0.4) is 0 Å². The van der Waals surface area contributed by atoms with Crippen molar-refractivity contribution in [3.05, 3.63) is 47.5 Å². The summed E-state index contributed by atoms with van der Waals surface area (Å²) < 4.78 is 16.0. The summed E-state index contributed by atoms with van der Waals surface area (Å²) >= 11 is 0. The number of aliphatic carboxylic acids is 1. The summed E-state index contributed by atoms with van der Waals surface area (Å²) in [5.74, 6) is -0.180. The Balaban J connectivity index is 1.87. The minimum absolute atomic E-state index is 0.0127. The summed E-state index contributed by atoms with van der Waals surface area (Å²) in [5.41, 5.74) is 1.33. The van der Waals surface area contributed by atoms with Crippen molar-refractivity contribution in [3.63, 3.8) is 0 Å². The Bertz CT molecular complexity index is 755. The maximum Gasteiger partial charge on any atom is 0.311 e. The number of phenolic OH excluding ortho intramolecular Hbond substituents is 1. The number of hydrogen-bond donors (Lipinski definition) is 2. The number of carboxylic acids is 1. The number of hydrogen-bond acceptors (Lipinski definition) is 5. The quantitative estimate of drug-likeness (QED) is 0.876. The molecule has 6 heteroatoms. The summed E-state index contributed by atoms with van der Waals surface area (Å²) in [7, 11) is 1.46. The molecule has 0 radical (unpaired) electrons. The van der Waals surface area contributed by atoms with Crippen LogP contribution in [0.2, 0.25) is 0 Å². The molecule has 3 rings (SSSR count). The summed E-state index contributed by atoms with van der Waals surface area (Å²) in [5, 5.41) is 19.5. The van der Waals surface area contributed by atoms with E-state index in [1.165, 1.54) is 13.2 Å². The molecule has 1 atom stereocenters. The van der Waals surface area contributed by atoms with Crippen LogP contribution in [0.15, 0.2) is 36.4 Å². The first-order valence-corrected chi connectivity index (χ1v) is 7.56. The van der Waals surface area contributed by atoms with Gasteiger partial charge in [0.1, 0.15) is 13.2 Å². The van der Waals surface area contributed by atoms with Crippen molar-refractivity contribution in [1.29, 1.82) is 0 Å². The lowest BCUT2D eigenvalue weighted by Gasteiger charge is -2.20. The van der Waals surface area contributed by atoms with E-state index in [1.54, 1.807) is 30.3 Å². The van der Waals surface area contributed by atoms with Gasteiger partial charge in [0.05, 0.1) is 13.0 Å².